The third-order valence-electron chi connectivity index (χ3n) is 1.19. The van der Waals surface area contributed by atoms with Crippen molar-refractivity contribution in [3.63, 3.8) is 0 Å². The average Bonchev–Trinajstić information content (AvgIpc) is 1.64. The van der Waals surface area contributed by atoms with E-state index in [-0.39, 0.29) is 0 Å². The molecule has 1 rings (SSSR count). The highest BCUT2D eigenvalue weighted by Gasteiger charge is 2.22. The molecule has 0 saturated carbocycles. The van der Waals surface area contributed by atoms with Crippen LogP contribution in [0.3, 0.4) is 0 Å². The van der Waals surface area contributed by atoms with Crippen LogP contribution in [0.5, 0.6) is 0 Å². The molecule has 1 saturated heterocycles. The first kappa shape index (κ1) is 6.01. The lowest BCUT2D eigenvalue weighted by Crippen LogP contribution is -2.55. The van der Waals surface area contributed by atoms with E-state index in [2.05, 4.69) is 0 Å². The zero-order valence-electron chi connectivity index (χ0n) is 5.13. The van der Waals surface area contributed by atoms with Gasteiger partial charge >= 0.3 is 0 Å². The fourth-order valence-corrected chi connectivity index (χ4v) is 0.758. The van der Waals surface area contributed by atoms with Gasteiger partial charge in [-0.15, -0.1) is 0 Å². The molecule has 0 unspecified atom stereocenters. The van der Waals surface area contributed by atoms with Gasteiger partial charge in [-0.3, -0.25) is 4.84 Å². The van der Waals surface area contributed by atoms with Gasteiger partial charge in [-0.25, -0.2) is 0 Å². The SMILES string of the molecule is CCON1CC(N)C1. The molecule has 3 heteroatoms. The topological polar surface area (TPSA) is 38.5 Å². The molecule has 0 bridgehead atoms. The van der Waals surface area contributed by atoms with Crippen LogP contribution in [0.15, 0.2) is 0 Å². The van der Waals surface area contributed by atoms with Crippen LogP contribution in [-0.2, 0) is 4.84 Å². The molecule has 1 aliphatic heterocycles. The lowest BCUT2D eigenvalue weighted by molar-refractivity contribution is -0.199. The van der Waals surface area contributed by atoms with Gasteiger partial charge in [0.1, 0.15) is 0 Å². The Kier molecular flexibility index (Phi) is 1.83. The van der Waals surface area contributed by atoms with Gasteiger partial charge in [0, 0.05) is 19.1 Å². The summed E-state index contributed by atoms with van der Waals surface area (Å²) >= 11 is 0. The number of rotatable bonds is 2. The van der Waals surface area contributed by atoms with Crippen LogP contribution in [0.2, 0.25) is 0 Å². The third kappa shape index (κ3) is 1.18. The number of hydrogen-bond acceptors (Lipinski definition) is 3. The lowest BCUT2D eigenvalue weighted by Gasteiger charge is -2.34. The molecule has 8 heavy (non-hydrogen) atoms. The van der Waals surface area contributed by atoms with Crippen LogP contribution >= 0.6 is 0 Å². The van der Waals surface area contributed by atoms with E-state index >= 15 is 0 Å². The molecule has 0 aliphatic carbocycles. The molecule has 3 nitrogen and oxygen atoms in total. The van der Waals surface area contributed by atoms with Crippen molar-refractivity contribution in [3.05, 3.63) is 0 Å². The Labute approximate surface area is 49.4 Å². The molecular formula is C5H12N2O. The Morgan fingerprint density at radius 3 is 2.75 bits per heavy atom. The van der Waals surface area contributed by atoms with Crippen molar-refractivity contribution in [2.45, 2.75) is 13.0 Å². The Morgan fingerprint density at radius 1 is 1.75 bits per heavy atom. The van der Waals surface area contributed by atoms with Gasteiger partial charge in [0.25, 0.3) is 0 Å². The normalized spacial score (nSPS) is 23.2. The molecule has 1 aliphatic rings. The summed E-state index contributed by atoms with van der Waals surface area (Å²) in [5.41, 5.74) is 5.48. The van der Waals surface area contributed by atoms with Crippen LogP contribution in [0.1, 0.15) is 6.92 Å². The molecule has 0 aromatic rings. The molecule has 0 aromatic heterocycles. The quantitative estimate of drug-likeness (QED) is 0.532. The zero-order valence-corrected chi connectivity index (χ0v) is 5.13. The first-order valence-corrected chi connectivity index (χ1v) is 2.96. The van der Waals surface area contributed by atoms with E-state index in [0.29, 0.717) is 6.04 Å². The van der Waals surface area contributed by atoms with Crippen LogP contribution in [0.25, 0.3) is 0 Å². The highest BCUT2D eigenvalue weighted by molar-refractivity contribution is 4.76. The van der Waals surface area contributed by atoms with E-state index in [0.717, 1.165) is 19.7 Å². The second kappa shape index (κ2) is 2.44. The maximum atomic E-state index is 5.48. The van der Waals surface area contributed by atoms with Crippen LogP contribution in [-0.4, -0.2) is 30.8 Å². The highest BCUT2D eigenvalue weighted by Crippen LogP contribution is 2.03. The maximum Gasteiger partial charge on any atom is 0.0656 e. The first-order chi connectivity index (χ1) is 3.83. The van der Waals surface area contributed by atoms with Gasteiger partial charge in [-0.05, 0) is 6.92 Å². The smallest absolute Gasteiger partial charge is 0.0656 e. The summed E-state index contributed by atoms with van der Waals surface area (Å²) in [7, 11) is 0. The monoisotopic (exact) mass is 116 g/mol. The molecule has 0 spiro atoms. The minimum Gasteiger partial charge on any atom is -0.325 e. The van der Waals surface area contributed by atoms with Gasteiger partial charge in [-0.2, -0.15) is 5.06 Å². The summed E-state index contributed by atoms with van der Waals surface area (Å²) < 4.78 is 0. The van der Waals surface area contributed by atoms with E-state index in [4.69, 9.17) is 10.6 Å². The van der Waals surface area contributed by atoms with Gasteiger partial charge < -0.3 is 5.73 Å². The minimum atomic E-state index is 0.349. The van der Waals surface area contributed by atoms with Crippen molar-refractivity contribution >= 4 is 0 Å². The Bertz CT molecular complexity index is 68.1. The Balaban J connectivity index is 1.98. The summed E-state index contributed by atoms with van der Waals surface area (Å²) in [4.78, 5) is 5.10. The molecule has 48 valence electrons. The molecule has 0 atom stereocenters. The molecule has 1 heterocycles. The van der Waals surface area contributed by atoms with Gasteiger partial charge in [0.15, 0.2) is 0 Å². The molecule has 0 amide bonds. The standard InChI is InChI=1S/C5H12N2O/c1-2-8-7-3-5(6)4-7/h5H,2-4,6H2,1H3. The van der Waals surface area contributed by atoms with Crippen molar-refractivity contribution in [3.8, 4) is 0 Å². The summed E-state index contributed by atoms with van der Waals surface area (Å²) in [5.74, 6) is 0. The number of hydroxylamine groups is 2. The minimum absolute atomic E-state index is 0.349. The molecule has 2 N–H and O–H groups in total. The summed E-state index contributed by atoms with van der Waals surface area (Å²) in [6, 6.07) is 0.349. The largest absolute Gasteiger partial charge is 0.325 e. The highest BCUT2D eigenvalue weighted by atomic mass is 16.7. The fraction of sp³-hybridized carbons (Fsp3) is 1.00. The predicted molar refractivity (Wildman–Crippen MR) is 31.2 cm³/mol. The average molecular weight is 116 g/mol. The van der Waals surface area contributed by atoms with E-state index in [9.17, 15) is 0 Å². The number of nitrogens with zero attached hydrogens (tertiary/aromatic N) is 1. The summed E-state index contributed by atoms with van der Waals surface area (Å²) in [6.45, 7) is 4.53. The van der Waals surface area contributed by atoms with Crippen molar-refractivity contribution in [2.24, 2.45) is 5.73 Å². The second-order valence-electron chi connectivity index (χ2n) is 2.02. The van der Waals surface area contributed by atoms with Crippen molar-refractivity contribution in [1.29, 1.82) is 0 Å². The first-order valence-electron chi connectivity index (χ1n) is 2.96. The van der Waals surface area contributed by atoms with Crippen molar-refractivity contribution in [1.82, 2.24) is 5.06 Å². The van der Waals surface area contributed by atoms with Crippen molar-refractivity contribution in [2.75, 3.05) is 19.7 Å². The predicted octanol–water partition coefficient (Wildman–Crippen LogP) is -0.419. The van der Waals surface area contributed by atoms with Gasteiger partial charge in [0.05, 0.1) is 6.61 Å². The maximum absolute atomic E-state index is 5.48. The second-order valence-corrected chi connectivity index (χ2v) is 2.02. The van der Waals surface area contributed by atoms with Crippen LogP contribution < -0.4 is 5.73 Å². The fourth-order valence-electron chi connectivity index (χ4n) is 0.758. The molecule has 0 radical (unpaired) electrons. The van der Waals surface area contributed by atoms with E-state index in [1.807, 2.05) is 12.0 Å². The van der Waals surface area contributed by atoms with E-state index < -0.39 is 0 Å². The Hall–Kier alpha value is -0.120. The molecule has 0 aromatic carbocycles. The van der Waals surface area contributed by atoms with Gasteiger partial charge in [0.2, 0.25) is 0 Å². The molecule has 1 fully saturated rings. The Morgan fingerprint density at radius 2 is 2.38 bits per heavy atom. The molecular weight excluding hydrogens is 104 g/mol. The number of hydrogen-bond donors (Lipinski definition) is 1. The number of nitrogens with two attached hydrogens (primary N) is 1. The van der Waals surface area contributed by atoms with E-state index in [1.54, 1.807) is 0 Å². The van der Waals surface area contributed by atoms with Crippen LogP contribution in [0.4, 0.5) is 0 Å². The van der Waals surface area contributed by atoms with Crippen molar-refractivity contribution < 1.29 is 4.84 Å². The summed E-state index contributed by atoms with van der Waals surface area (Å²) in [6.07, 6.45) is 0. The van der Waals surface area contributed by atoms with Gasteiger partial charge in [-0.1, -0.05) is 0 Å². The zero-order chi connectivity index (χ0) is 5.98. The lowest BCUT2D eigenvalue weighted by atomic mass is 10.2. The van der Waals surface area contributed by atoms with Crippen LogP contribution in [0, 0.1) is 0 Å². The third-order valence-corrected chi connectivity index (χ3v) is 1.19. The summed E-state index contributed by atoms with van der Waals surface area (Å²) in [5, 5.41) is 1.88. The van der Waals surface area contributed by atoms with E-state index in [1.165, 1.54) is 0 Å².